The molecule has 0 fully saturated rings. The highest BCUT2D eigenvalue weighted by molar-refractivity contribution is 4.84. The van der Waals surface area contributed by atoms with Crippen LogP contribution in [-0.2, 0) is 0 Å². The van der Waals surface area contributed by atoms with Crippen LogP contribution < -0.4 is 0 Å². The zero-order valence-electron chi connectivity index (χ0n) is 7.93. The highest BCUT2D eigenvalue weighted by Crippen LogP contribution is 2.02. The average Bonchev–Trinajstić information content (AvgIpc) is 2.00. The quantitative estimate of drug-likeness (QED) is 0.546. The minimum absolute atomic E-state index is 0.790. The maximum absolute atomic E-state index is 5.16. The summed E-state index contributed by atoms with van der Waals surface area (Å²) in [4.78, 5) is 2.30. The molecule has 0 aliphatic rings. The van der Waals surface area contributed by atoms with Crippen molar-refractivity contribution in [2.75, 3.05) is 20.1 Å². The predicted octanol–water partition coefficient (Wildman–Crippen LogP) is 1.99. The molecule has 0 N–H and O–H groups in total. The van der Waals surface area contributed by atoms with Crippen LogP contribution in [0, 0.1) is 18.3 Å². The Morgan fingerprint density at radius 2 is 2.18 bits per heavy atom. The summed E-state index contributed by atoms with van der Waals surface area (Å²) in [5.74, 6) is 3.44. The molecule has 1 nitrogen and oxygen atoms in total. The first-order chi connectivity index (χ1) is 5.20. The summed E-state index contributed by atoms with van der Waals surface area (Å²) in [6, 6.07) is 0. The van der Waals surface area contributed by atoms with Crippen molar-refractivity contribution in [2.45, 2.75) is 26.7 Å². The van der Waals surface area contributed by atoms with Gasteiger partial charge in [-0.1, -0.05) is 20.3 Å². The SMILES string of the molecule is C#CCCN(C)CC(C)CC. The van der Waals surface area contributed by atoms with Crippen molar-refractivity contribution in [1.82, 2.24) is 4.90 Å². The minimum atomic E-state index is 0.790. The van der Waals surface area contributed by atoms with Crippen molar-refractivity contribution in [3.05, 3.63) is 0 Å². The third-order valence-electron chi connectivity index (χ3n) is 1.96. The van der Waals surface area contributed by atoms with E-state index in [9.17, 15) is 0 Å². The van der Waals surface area contributed by atoms with Gasteiger partial charge in [-0.25, -0.2) is 0 Å². The highest BCUT2D eigenvalue weighted by Gasteiger charge is 2.02. The van der Waals surface area contributed by atoms with E-state index < -0.39 is 0 Å². The molecule has 0 amide bonds. The van der Waals surface area contributed by atoms with Crippen LogP contribution in [-0.4, -0.2) is 25.0 Å². The third kappa shape index (κ3) is 5.94. The Labute approximate surface area is 70.8 Å². The number of nitrogens with zero attached hydrogens (tertiary/aromatic N) is 1. The normalized spacial score (nSPS) is 13.0. The predicted molar refractivity (Wildman–Crippen MR) is 50.4 cm³/mol. The molecule has 1 heteroatoms. The average molecular weight is 153 g/mol. The summed E-state index contributed by atoms with van der Waals surface area (Å²) in [5, 5.41) is 0. The van der Waals surface area contributed by atoms with Crippen LogP contribution in [0.1, 0.15) is 26.7 Å². The van der Waals surface area contributed by atoms with E-state index in [0.29, 0.717) is 0 Å². The van der Waals surface area contributed by atoms with Gasteiger partial charge in [-0.2, -0.15) is 0 Å². The van der Waals surface area contributed by atoms with E-state index in [1.165, 1.54) is 6.42 Å². The van der Waals surface area contributed by atoms with Gasteiger partial charge in [-0.3, -0.25) is 0 Å². The molecule has 0 saturated heterocycles. The molecule has 0 heterocycles. The Morgan fingerprint density at radius 1 is 1.55 bits per heavy atom. The lowest BCUT2D eigenvalue weighted by Gasteiger charge is -2.18. The van der Waals surface area contributed by atoms with Gasteiger partial charge in [0.05, 0.1) is 0 Å². The number of hydrogen-bond donors (Lipinski definition) is 0. The second-order valence-corrected chi connectivity index (χ2v) is 3.23. The molecule has 11 heavy (non-hydrogen) atoms. The van der Waals surface area contributed by atoms with E-state index >= 15 is 0 Å². The molecule has 0 aliphatic carbocycles. The Kier molecular flexibility index (Phi) is 5.97. The zero-order valence-corrected chi connectivity index (χ0v) is 7.93. The fourth-order valence-corrected chi connectivity index (χ4v) is 1.01. The molecule has 1 atom stereocenters. The summed E-state index contributed by atoms with van der Waals surface area (Å²) in [6.45, 7) is 6.69. The molecule has 0 aliphatic heterocycles. The fourth-order valence-electron chi connectivity index (χ4n) is 1.01. The van der Waals surface area contributed by atoms with Gasteiger partial charge in [-0.05, 0) is 13.0 Å². The lowest BCUT2D eigenvalue weighted by atomic mass is 10.1. The number of hydrogen-bond acceptors (Lipinski definition) is 1. The van der Waals surface area contributed by atoms with Crippen LogP contribution in [0.4, 0.5) is 0 Å². The summed E-state index contributed by atoms with van der Waals surface area (Å²) < 4.78 is 0. The maximum atomic E-state index is 5.16. The first-order valence-electron chi connectivity index (χ1n) is 4.32. The van der Waals surface area contributed by atoms with E-state index in [4.69, 9.17) is 6.42 Å². The standard InChI is InChI=1S/C10H19N/c1-5-7-8-11(4)9-10(3)6-2/h1,10H,6-9H2,2-4H3. The van der Waals surface area contributed by atoms with Crippen molar-refractivity contribution >= 4 is 0 Å². The van der Waals surface area contributed by atoms with Crippen molar-refractivity contribution in [1.29, 1.82) is 0 Å². The molecule has 0 aromatic rings. The first-order valence-corrected chi connectivity index (χ1v) is 4.32. The van der Waals surface area contributed by atoms with Gasteiger partial charge in [0.25, 0.3) is 0 Å². The molecule has 0 bridgehead atoms. The number of rotatable bonds is 5. The zero-order chi connectivity index (χ0) is 8.69. The van der Waals surface area contributed by atoms with Gasteiger partial charge in [-0.15, -0.1) is 12.3 Å². The maximum Gasteiger partial charge on any atom is 0.0214 e. The second kappa shape index (κ2) is 6.24. The summed E-state index contributed by atoms with van der Waals surface area (Å²) in [7, 11) is 2.13. The molecule has 0 aromatic heterocycles. The van der Waals surface area contributed by atoms with Crippen molar-refractivity contribution in [3.63, 3.8) is 0 Å². The van der Waals surface area contributed by atoms with Crippen molar-refractivity contribution in [3.8, 4) is 12.3 Å². The largest absolute Gasteiger partial charge is 0.305 e. The van der Waals surface area contributed by atoms with Crippen LogP contribution in [0.5, 0.6) is 0 Å². The van der Waals surface area contributed by atoms with Crippen LogP contribution in [0.15, 0.2) is 0 Å². The van der Waals surface area contributed by atoms with Gasteiger partial charge >= 0.3 is 0 Å². The highest BCUT2D eigenvalue weighted by atomic mass is 15.1. The molecule has 0 saturated carbocycles. The molecular weight excluding hydrogens is 134 g/mol. The molecule has 0 radical (unpaired) electrons. The number of terminal acetylenes is 1. The fraction of sp³-hybridized carbons (Fsp3) is 0.800. The van der Waals surface area contributed by atoms with Gasteiger partial charge < -0.3 is 4.90 Å². The smallest absolute Gasteiger partial charge is 0.0214 e. The van der Waals surface area contributed by atoms with Gasteiger partial charge in [0.15, 0.2) is 0 Å². The molecular formula is C10H19N. The van der Waals surface area contributed by atoms with Crippen LogP contribution in [0.3, 0.4) is 0 Å². The third-order valence-corrected chi connectivity index (χ3v) is 1.96. The molecule has 1 unspecified atom stereocenters. The molecule has 0 spiro atoms. The van der Waals surface area contributed by atoms with Gasteiger partial charge in [0, 0.05) is 19.5 Å². The van der Waals surface area contributed by atoms with E-state index in [2.05, 4.69) is 31.7 Å². The van der Waals surface area contributed by atoms with Gasteiger partial charge in [0.1, 0.15) is 0 Å². The van der Waals surface area contributed by atoms with Crippen LogP contribution in [0.25, 0.3) is 0 Å². The molecule has 0 aromatic carbocycles. The first kappa shape index (κ1) is 10.5. The summed E-state index contributed by atoms with van der Waals surface area (Å²) >= 11 is 0. The van der Waals surface area contributed by atoms with E-state index in [0.717, 1.165) is 25.4 Å². The summed E-state index contributed by atoms with van der Waals surface area (Å²) in [5.41, 5.74) is 0. The summed E-state index contributed by atoms with van der Waals surface area (Å²) in [6.07, 6.45) is 7.28. The Hall–Kier alpha value is -0.480. The molecule has 0 rings (SSSR count). The van der Waals surface area contributed by atoms with E-state index in [-0.39, 0.29) is 0 Å². The second-order valence-electron chi connectivity index (χ2n) is 3.23. The van der Waals surface area contributed by atoms with E-state index in [1.54, 1.807) is 0 Å². The monoisotopic (exact) mass is 153 g/mol. The lowest BCUT2D eigenvalue weighted by molar-refractivity contribution is 0.288. The Bertz CT molecular complexity index is 123. The Balaban J connectivity index is 3.37. The van der Waals surface area contributed by atoms with E-state index in [1.807, 2.05) is 0 Å². The molecule has 64 valence electrons. The minimum Gasteiger partial charge on any atom is -0.305 e. The van der Waals surface area contributed by atoms with Crippen LogP contribution >= 0.6 is 0 Å². The lowest BCUT2D eigenvalue weighted by Crippen LogP contribution is -2.24. The van der Waals surface area contributed by atoms with Crippen LogP contribution in [0.2, 0.25) is 0 Å². The van der Waals surface area contributed by atoms with Crippen molar-refractivity contribution in [2.24, 2.45) is 5.92 Å². The van der Waals surface area contributed by atoms with Gasteiger partial charge in [0.2, 0.25) is 0 Å². The topological polar surface area (TPSA) is 3.24 Å². The van der Waals surface area contributed by atoms with Crippen molar-refractivity contribution < 1.29 is 0 Å². The Morgan fingerprint density at radius 3 is 2.64 bits per heavy atom.